The van der Waals surface area contributed by atoms with E-state index in [1.165, 1.54) is 40.7 Å². The van der Waals surface area contributed by atoms with Crippen LogP contribution in [0.3, 0.4) is 0 Å². The number of hydrogen-bond acceptors (Lipinski definition) is 5. The highest BCUT2D eigenvalue weighted by molar-refractivity contribution is 7.99. The molecule has 2 aromatic carbocycles. The molecule has 0 saturated carbocycles. The zero-order valence-corrected chi connectivity index (χ0v) is 18.3. The van der Waals surface area contributed by atoms with E-state index in [0.29, 0.717) is 16.4 Å². The lowest BCUT2D eigenvalue weighted by molar-refractivity contribution is 0.0977. The third kappa shape index (κ3) is 4.58. The standard InChI is InChI=1S/C18H14Cl2FN3O3S2/c1-10-22-15(9-24(10)13-7-11(19)6-12(21)8-13)18(25)23-29(26,27)17-14(20)4-3-5-16(17)28-2/h3-9H,1-2H3,(H,23,25). The molecule has 152 valence electrons. The van der Waals surface area contributed by atoms with Crippen molar-refractivity contribution in [1.29, 1.82) is 0 Å². The summed E-state index contributed by atoms with van der Waals surface area (Å²) in [5, 5.41) is 0.165. The number of carbonyl (C=O) groups excluding carboxylic acids is 1. The number of rotatable bonds is 5. The summed E-state index contributed by atoms with van der Waals surface area (Å²) in [5.74, 6) is -1.16. The first-order chi connectivity index (χ1) is 13.6. The maximum absolute atomic E-state index is 13.6. The van der Waals surface area contributed by atoms with Gasteiger partial charge in [-0.15, -0.1) is 11.8 Å². The normalized spacial score (nSPS) is 11.5. The molecule has 0 unspecified atom stereocenters. The monoisotopic (exact) mass is 473 g/mol. The molecule has 11 heteroatoms. The van der Waals surface area contributed by atoms with Crippen molar-refractivity contribution in [3.63, 3.8) is 0 Å². The Morgan fingerprint density at radius 1 is 1.24 bits per heavy atom. The molecule has 29 heavy (non-hydrogen) atoms. The first-order valence-electron chi connectivity index (χ1n) is 8.04. The molecule has 0 spiro atoms. The van der Waals surface area contributed by atoms with Crippen LogP contribution in [-0.4, -0.2) is 30.1 Å². The average Bonchev–Trinajstić information content (AvgIpc) is 3.02. The Hall–Kier alpha value is -2.07. The van der Waals surface area contributed by atoms with E-state index in [2.05, 4.69) is 4.98 Å². The van der Waals surface area contributed by atoms with Gasteiger partial charge in [0.25, 0.3) is 15.9 Å². The number of aryl methyl sites for hydroxylation is 1. The number of sulfonamides is 1. The van der Waals surface area contributed by atoms with Crippen LogP contribution in [0.4, 0.5) is 4.39 Å². The second kappa shape index (κ2) is 8.35. The molecule has 1 N–H and O–H groups in total. The fourth-order valence-electron chi connectivity index (χ4n) is 2.66. The minimum atomic E-state index is -4.25. The molecule has 3 aromatic rings. The minimum Gasteiger partial charge on any atom is -0.303 e. The van der Waals surface area contributed by atoms with Crippen molar-refractivity contribution in [3.05, 3.63) is 70.0 Å². The molecule has 0 aliphatic carbocycles. The van der Waals surface area contributed by atoms with E-state index in [0.717, 1.165) is 6.07 Å². The molecule has 0 atom stereocenters. The van der Waals surface area contributed by atoms with E-state index in [9.17, 15) is 17.6 Å². The highest BCUT2D eigenvalue weighted by atomic mass is 35.5. The molecule has 1 aromatic heterocycles. The topological polar surface area (TPSA) is 81.1 Å². The predicted octanol–water partition coefficient (Wildman–Crippen LogP) is 4.47. The van der Waals surface area contributed by atoms with Gasteiger partial charge in [-0.25, -0.2) is 22.5 Å². The molecule has 1 amide bonds. The zero-order valence-electron chi connectivity index (χ0n) is 15.1. The lowest BCUT2D eigenvalue weighted by atomic mass is 10.3. The van der Waals surface area contributed by atoms with E-state index >= 15 is 0 Å². The van der Waals surface area contributed by atoms with E-state index in [-0.39, 0.29) is 20.6 Å². The number of imidazole rings is 1. The van der Waals surface area contributed by atoms with Gasteiger partial charge in [0.05, 0.1) is 10.7 Å². The van der Waals surface area contributed by atoms with Crippen LogP contribution in [0.15, 0.2) is 52.4 Å². The number of nitrogens with one attached hydrogen (secondary N) is 1. The zero-order chi connectivity index (χ0) is 21.3. The highest BCUT2D eigenvalue weighted by Crippen LogP contribution is 2.31. The Bertz CT molecular complexity index is 1190. The van der Waals surface area contributed by atoms with Crippen LogP contribution >= 0.6 is 35.0 Å². The molecule has 1 heterocycles. The molecule has 0 aliphatic rings. The van der Waals surface area contributed by atoms with Crippen LogP contribution in [0.25, 0.3) is 5.69 Å². The van der Waals surface area contributed by atoms with Gasteiger partial charge in [0.1, 0.15) is 22.2 Å². The number of aromatic nitrogens is 2. The van der Waals surface area contributed by atoms with Gasteiger partial charge in [-0.1, -0.05) is 29.3 Å². The summed E-state index contributed by atoms with van der Waals surface area (Å²) >= 11 is 13.1. The number of amides is 1. The maximum atomic E-state index is 13.6. The maximum Gasteiger partial charge on any atom is 0.285 e. The van der Waals surface area contributed by atoms with E-state index in [1.807, 2.05) is 4.72 Å². The van der Waals surface area contributed by atoms with Crippen molar-refractivity contribution in [2.24, 2.45) is 0 Å². The first-order valence-corrected chi connectivity index (χ1v) is 11.5. The second-order valence-corrected chi connectivity index (χ2v) is 9.19. The Balaban J connectivity index is 1.95. The lowest BCUT2D eigenvalue weighted by Gasteiger charge is -2.11. The first kappa shape index (κ1) is 21.6. The van der Waals surface area contributed by atoms with Crippen LogP contribution in [0, 0.1) is 12.7 Å². The molecular weight excluding hydrogens is 460 g/mol. The van der Waals surface area contributed by atoms with Gasteiger partial charge in [0.15, 0.2) is 0 Å². The SMILES string of the molecule is CSc1cccc(Cl)c1S(=O)(=O)NC(=O)c1cn(-c2cc(F)cc(Cl)c2)c(C)n1. The summed E-state index contributed by atoms with van der Waals surface area (Å²) in [6, 6.07) is 8.48. The molecular formula is C18H14Cl2FN3O3S2. The Morgan fingerprint density at radius 2 is 1.97 bits per heavy atom. The van der Waals surface area contributed by atoms with Gasteiger partial charge >= 0.3 is 0 Å². The van der Waals surface area contributed by atoms with Crippen LogP contribution in [0.5, 0.6) is 0 Å². The quantitative estimate of drug-likeness (QED) is 0.552. The molecule has 3 rings (SSSR count). The third-order valence-electron chi connectivity index (χ3n) is 3.89. The number of thioether (sulfide) groups is 1. The number of benzene rings is 2. The largest absolute Gasteiger partial charge is 0.303 e. The van der Waals surface area contributed by atoms with E-state index in [4.69, 9.17) is 23.2 Å². The van der Waals surface area contributed by atoms with Crippen molar-refractivity contribution < 1.29 is 17.6 Å². The summed E-state index contributed by atoms with van der Waals surface area (Å²) in [5.41, 5.74) is 0.182. The van der Waals surface area contributed by atoms with Crippen molar-refractivity contribution in [1.82, 2.24) is 14.3 Å². The number of halogens is 3. The van der Waals surface area contributed by atoms with Gasteiger partial charge in [-0.2, -0.15) is 0 Å². The van der Waals surface area contributed by atoms with Crippen molar-refractivity contribution in [2.75, 3.05) is 6.26 Å². The van der Waals surface area contributed by atoms with E-state index < -0.39 is 21.7 Å². The van der Waals surface area contributed by atoms with Gasteiger partial charge in [-0.3, -0.25) is 4.79 Å². The average molecular weight is 474 g/mol. The molecule has 0 saturated heterocycles. The molecule has 0 bridgehead atoms. The minimum absolute atomic E-state index is 0.00624. The van der Waals surface area contributed by atoms with Crippen LogP contribution < -0.4 is 4.72 Å². The van der Waals surface area contributed by atoms with Gasteiger partial charge in [-0.05, 0) is 43.5 Å². The molecule has 0 radical (unpaired) electrons. The fraction of sp³-hybridized carbons (Fsp3) is 0.111. The predicted molar refractivity (Wildman–Crippen MR) is 111 cm³/mol. The summed E-state index contributed by atoms with van der Waals surface area (Å²) in [6.07, 6.45) is 3.00. The lowest BCUT2D eigenvalue weighted by Crippen LogP contribution is -2.31. The Morgan fingerprint density at radius 3 is 2.62 bits per heavy atom. The Labute approximate surface area is 181 Å². The van der Waals surface area contributed by atoms with Gasteiger partial charge in [0.2, 0.25) is 0 Å². The number of nitrogens with zero attached hydrogens (tertiary/aromatic N) is 2. The van der Waals surface area contributed by atoms with E-state index in [1.54, 1.807) is 25.3 Å². The smallest absolute Gasteiger partial charge is 0.285 e. The fourth-order valence-corrected chi connectivity index (χ4v) is 5.61. The summed E-state index contributed by atoms with van der Waals surface area (Å²) in [6.45, 7) is 1.59. The molecule has 6 nitrogen and oxygen atoms in total. The third-order valence-corrected chi connectivity index (χ3v) is 6.87. The molecule has 0 aliphatic heterocycles. The van der Waals surface area contributed by atoms with Crippen molar-refractivity contribution >= 4 is 50.9 Å². The summed E-state index contributed by atoms with van der Waals surface area (Å²) in [4.78, 5) is 16.8. The van der Waals surface area contributed by atoms with Crippen molar-refractivity contribution in [2.45, 2.75) is 16.7 Å². The summed E-state index contributed by atoms with van der Waals surface area (Å²) in [7, 11) is -4.25. The van der Waals surface area contributed by atoms with Crippen LogP contribution in [0.2, 0.25) is 10.0 Å². The van der Waals surface area contributed by atoms with Gasteiger partial charge in [0, 0.05) is 16.1 Å². The molecule has 0 fully saturated rings. The van der Waals surface area contributed by atoms with Gasteiger partial charge < -0.3 is 4.57 Å². The highest BCUT2D eigenvalue weighted by Gasteiger charge is 2.26. The summed E-state index contributed by atoms with van der Waals surface area (Å²) < 4.78 is 42.5. The number of hydrogen-bond donors (Lipinski definition) is 1. The van der Waals surface area contributed by atoms with Crippen molar-refractivity contribution in [3.8, 4) is 5.69 Å². The number of carbonyl (C=O) groups is 1. The van der Waals surface area contributed by atoms with Crippen LogP contribution in [0.1, 0.15) is 16.3 Å². The second-order valence-electron chi connectivity index (χ2n) is 5.88. The van der Waals surface area contributed by atoms with Crippen LogP contribution in [-0.2, 0) is 10.0 Å². The Kier molecular flexibility index (Phi) is 6.23.